The number of aryl methyl sites for hydroxylation is 1. The van der Waals surface area contributed by atoms with Crippen LogP contribution in [0.2, 0.25) is 0 Å². The summed E-state index contributed by atoms with van der Waals surface area (Å²) in [6.07, 6.45) is -2.28. The molecule has 1 aliphatic heterocycles. The second-order valence-corrected chi connectivity index (χ2v) is 18.5. The Balaban J connectivity index is 0.000000234. The van der Waals surface area contributed by atoms with Crippen LogP contribution in [0.5, 0.6) is 5.75 Å². The molecule has 17 heteroatoms. The van der Waals surface area contributed by atoms with Crippen molar-refractivity contribution in [3.8, 4) is 5.75 Å². The van der Waals surface area contributed by atoms with Crippen LogP contribution in [0.15, 0.2) is 93.9 Å². The molecule has 5 aromatic rings. The van der Waals surface area contributed by atoms with Gasteiger partial charge in [0.2, 0.25) is 5.76 Å². The predicted molar refractivity (Wildman–Crippen MR) is 249 cm³/mol. The molecule has 1 N–H and O–H groups in total. The Bertz CT molecular complexity index is 2350. The van der Waals surface area contributed by atoms with E-state index in [1.165, 1.54) is 13.2 Å². The van der Waals surface area contributed by atoms with Crippen molar-refractivity contribution >= 4 is 73.6 Å². The maximum atomic E-state index is 12.0. The lowest BCUT2D eigenvalue weighted by molar-refractivity contribution is -0.153. The number of alkyl halides is 4. The van der Waals surface area contributed by atoms with Crippen molar-refractivity contribution < 1.29 is 55.5 Å². The normalized spacial score (nSPS) is 14.1. The van der Waals surface area contributed by atoms with E-state index in [1.807, 2.05) is 130 Å². The molecule has 0 bridgehead atoms. The van der Waals surface area contributed by atoms with Crippen LogP contribution < -0.4 is 15.5 Å². The van der Waals surface area contributed by atoms with Crippen molar-refractivity contribution in [3.05, 3.63) is 123 Å². The van der Waals surface area contributed by atoms with Gasteiger partial charge in [0, 0.05) is 16.2 Å². The average molecular weight is 1020 g/mol. The standard InChI is InChI=1S/C17H25BO4.C12H17BrN2O3.C12H10O.C6H4BrF3O/c1-15(2,14(19)20-7)12-9-8-10-13(11-12)18-21-16(3,4)17(5,6)22-18;1-12(2,3)18-11(16)15-7-9-10(17-4)5-8(13)6-14-9;1-9-6-7-10-4-2-3-5-11(10)12(9)8-13;7-3-4-1-2-5(11-4)6(8,9)10/h8-11H,1-7H3;5-6H,7H2,1-4H3,(H,15,16);2-8H,1H3;1-2H,3H2. The fourth-order valence-electron chi connectivity index (χ4n) is 5.82. The Morgan fingerprint density at radius 3 is 2.06 bits per heavy atom. The molecule has 64 heavy (non-hydrogen) atoms. The van der Waals surface area contributed by atoms with Gasteiger partial charge in [0.25, 0.3) is 0 Å². The lowest BCUT2D eigenvalue weighted by Crippen LogP contribution is -2.41. The molecule has 0 aliphatic carbocycles. The fraction of sp³-hybridized carbons (Fsp3) is 0.404. The first kappa shape index (κ1) is 53.6. The molecule has 0 unspecified atom stereocenters. The number of hydrogen-bond donors (Lipinski definition) is 1. The summed E-state index contributed by atoms with van der Waals surface area (Å²) in [5.74, 6) is -0.330. The van der Waals surface area contributed by atoms with E-state index in [0.29, 0.717) is 16.8 Å². The van der Waals surface area contributed by atoms with Gasteiger partial charge in [-0.05, 0) is 131 Å². The highest BCUT2D eigenvalue weighted by atomic mass is 79.9. The van der Waals surface area contributed by atoms with E-state index >= 15 is 0 Å². The highest BCUT2D eigenvalue weighted by molar-refractivity contribution is 9.10. The first-order valence-corrected chi connectivity index (χ1v) is 22.0. The third-order valence-electron chi connectivity index (χ3n) is 10.1. The second-order valence-electron chi connectivity index (χ2n) is 17.0. The van der Waals surface area contributed by atoms with E-state index in [1.54, 1.807) is 19.4 Å². The number of carbonyl (C=O) groups is 3. The highest BCUT2D eigenvalue weighted by Crippen LogP contribution is 2.37. The van der Waals surface area contributed by atoms with Gasteiger partial charge in [-0.25, -0.2) is 4.79 Å². The third kappa shape index (κ3) is 14.9. The molecule has 3 aromatic carbocycles. The number of nitrogens with one attached hydrogen (secondary N) is 1. The van der Waals surface area contributed by atoms with Gasteiger partial charge in [-0.3, -0.25) is 14.6 Å². The zero-order chi connectivity index (χ0) is 48.3. The van der Waals surface area contributed by atoms with Gasteiger partial charge in [-0.2, -0.15) is 13.2 Å². The van der Waals surface area contributed by atoms with Crippen LogP contribution in [0.3, 0.4) is 0 Å². The number of fused-ring (bicyclic) bond motifs is 1. The van der Waals surface area contributed by atoms with Crippen LogP contribution >= 0.6 is 31.9 Å². The second kappa shape index (κ2) is 22.5. The van der Waals surface area contributed by atoms with Crippen molar-refractivity contribution in [1.29, 1.82) is 0 Å². The van der Waals surface area contributed by atoms with Crippen LogP contribution in [0.1, 0.15) is 101 Å². The van der Waals surface area contributed by atoms with Gasteiger partial charge >= 0.3 is 25.4 Å². The molecule has 0 spiro atoms. The fourth-order valence-corrected chi connectivity index (χ4v) is 6.43. The molecule has 0 saturated carbocycles. The Kier molecular flexibility index (Phi) is 18.8. The lowest BCUT2D eigenvalue weighted by Gasteiger charge is -2.32. The minimum Gasteiger partial charge on any atom is -0.495 e. The maximum absolute atomic E-state index is 12.0. The molecule has 1 fully saturated rings. The molecular formula is C47H56BBr2F3N2O9. The lowest BCUT2D eigenvalue weighted by atomic mass is 9.75. The van der Waals surface area contributed by atoms with Gasteiger partial charge in [0.1, 0.15) is 22.8 Å². The number of furan rings is 1. The Morgan fingerprint density at radius 1 is 0.891 bits per heavy atom. The molecule has 1 aliphatic rings. The minimum absolute atomic E-state index is 0.255. The largest absolute Gasteiger partial charge is 0.495 e. The number of aldehydes is 1. The molecule has 1 saturated heterocycles. The van der Waals surface area contributed by atoms with Gasteiger partial charge < -0.3 is 33.3 Å². The number of ether oxygens (including phenoxy) is 3. The van der Waals surface area contributed by atoms with E-state index < -0.39 is 36.2 Å². The highest BCUT2D eigenvalue weighted by Gasteiger charge is 2.52. The predicted octanol–water partition coefficient (Wildman–Crippen LogP) is 11.5. The summed E-state index contributed by atoms with van der Waals surface area (Å²) in [4.78, 5) is 38.5. The number of methoxy groups -OCH3 is 2. The first-order valence-electron chi connectivity index (χ1n) is 20.0. The van der Waals surface area contributed by atoms with Crippen LogP contribution in [0.25, 0.3) is 10.8 Å². The summed E-state index contributed by atoms with van der Waals surface area (Å²) in [5.41, 5.74) is 2.28. The van der Waals surface area contributed by atoms with Crippen LogP contribution in [-0.4, -0.2) is 61.5 Å². The molecular weight excluding hydrogens is 964 g/mol. The molecule has 346 valence electrons. The topological polar surface area (TPSA) is 135 Å². The zero-order valence-corrected chi connectivity index (χ0v) is 41.3. The summed E-state index contributed by atoms with van der Waals surface area (Å²) in [6, 6.07) is 23.7. The smallest absolute Gasteiger partial charge is 0.494 e. The van der Waals surface area contributed by atoms with E-state index in [0.717, 1.165) is 49.8 Å². The molecule has 11 nitrogen and oxygen atoms in total. The molecule has 3 heterocycles. The molecule has 0 radical (unpaired) electrons. The number of rotatable bonds is 8. The molecule has 6 rings (SSSR count). The van der Waals surface area contributed by atoms with Crippen molar-refractivity contribution in [1.82, 2.24) is 10.3 Å². The Hall–Kier alpha value is -4.71. The van der Waals surface area contributed by atoms with E-state index in [4.69, 9.17) is 23.5 Å². The monoisotopic (exact) mass is 1020 g/mol. The number of carbonyl (C=O) groups excluding carboxylic acids is 3. The number of halogens is 5. The van der Waals surface area contributed by atoms with Crippen LogP contribution in [0.4, 0.5) is 18.0 Å². The van der Waals surface area contributed by atoms with Crippen molar-refractivity contribution in [3.63, 3.8) is 0 Å². The number of esters is 1. The number of benzene rings is 3. The van der Waals surface area contributed by atoms with Crippen molar-refractivity contribution in [2.24, 2.45) is 0 Å². The average Bonchev–Trinajstić information content (AvgIpc) is 3.81. The van der Waals surface area contributed by atoms with Gasteiger partial charge in [0.05, 0.1) is 42.7 Å². The number of amides is 1. The third-order valence-corrected chi connectivity index (χ3v) is 11.1. The number of pyridine rings is 1. The van der Waals surface area contributed by atoms with Crippen LogP contribution in [0, 0.1) is 6.92 Å². The van der Waals surface area contributed by atoms with Crippen molar-refractivity contribution in [2.75, 3.05) is 14.2 Å². The first-order chi connectivity index (χ1) is 29.7. The SMILES string of the molecule is COC(=O)C(C)(C)c1cccc(B2OC(C)(C)C(C)(C)O2)c1.COc1cc(Br)cnc1CNC(=O)OC(C)(C)C.Cc1ccc2ccccc2c1C=O.FC(F)(F)c1ccc(CBr)o1. The maximum Gasteiger partial charge on any atom is 0.494 e. The van der Waals surface area contributed by atoms with Crippen LogP contribution in [-0.2, 0) is 47.0 Å². The number of nitrogens with zero attached hydrogens (tertiary/aromatic N) is 1. The van der Waals surface area contributed by atoms with Gasteiger partial charge in [-0.15, -0.1) is 0 Å². The van der Waals surface area contributed by atoms with E-state index in [9.17, 15) is 27.6 Å². The zero-order valence-electron chi connectivity index (χ0n) is 38.2. The Labute approximate surface area is 390 Å². The Morgan fingerprint density at radius 2 is 1.53 bits per heavy atom. The number of hydrogen-bond acceptors (Lipinski definition) is 10. The number of aromatic nitrogens is 1. The number of alkyl carbamates (subject to hydrolysis) is 1. The van der Waals surface area contributed by atoms with Crippen molar-refractivity contribution in [2.45, 2.75) is 110 Å². The van der Waals surface area contributed by atoms with Gasteiger partial charge in [0.15, 0.2) is 6.29 Å². The molecule has 0 atom stereocenters. The quantitative estimate of drug-likeness (QED) is 0.0692. The molecule has 1 amide bonds. The minimum atomic E-state index is -4.37. The summed E-state index contributed by atoms with van der Waals surface area (Å²) in [6.45, 7) is 19.4. The van der Waals surface area contributed by atoms with E-state index in [-0.39, 0.29) is 29.5 Å². The summed E-state index contributed by atoms with van der Waals surface area (Å²) >= 11 is 6.28. The molecule has 2 aromatic heterocycles. The summed E-state index contributed by atoms with van der Waals surface area (Å²) in [7, 11) is 2.53. The van der Waals surface area contributed by atoms with Gasteiger partial charge in [-0.1, -0.05) is 76.6 Å². The van der Waals surface area contributed by atoms with E-state index in [2.05, 4.69) is 46.6 Å². The summed E-state index contributed by atoms with van der Waals surface area (Å²) in [5, 5.41) is 5.09. The summed E-state index contributed by atoms with van der Waals surface area (Å²) < 4.78 is 68.1.